The largest absolute Gasteiger partial charge is 0.491 e. The normalized spacial score (nSPS) is 17.7. The zero-order valence-electron chi connectivity index (χ0n) is 21.1. The molecule has 1 saturated heterocycles. The Morgan fingerprint density at radius 3 is 2.32 bits per heavy atom. The Morgan fingerprint density at radius 1 is 1.05 bits per heavy atom. The molecule has 0 radical (unpaired) electrons. The molecule has 0 amide bonds. The van der Waals surface area contributed by atoms with Gasteiger partial charge in [-0.2, -0.15) is 0 Å². The summed E-state index contributed by atoms with van der Waals surface area (Å²) in [4.78, 5) is 23.4. The molecule has 1 heterocycles. The fourth-order valence-electron chi connectivity index (χ4n) is 3.64. The van der Waals surface area contributed by atoms with Crippen LogP contribution in [0, 0.1) is 0 Å². The first kappa shape index (κ1) is 29.8. The lowest BCUT2D eigenvalue weighted by molar-refractivity contribution is -0.144. The highest BCUT2D eigenvalue weighted by molar-refractivity contribution is 8.15. The summed E-state index contributed by atoms with van der Waals surface area (Å²) in [6.45, 7) is 5.69. The standard InChI is InChI=1S/C26H32ClO8PS/c1-4-26(35-36(30,32-5-2)33-6-3)34-23(19-8-7-9-20(27)15-19)17-31-21-12-10-18(11-13-21)14-24-22(28)16-25(29)37-24/h7-13,15,23-24,26H,4-6,14,16-17H2,1-3H3. The van der Waals surface area contributed by atoms with Crippen molar-refractivity contribution in [3.05, 3.63) is 64.7 Å². The molecule has 3 unspecified atom stereocenters. The van der Waals surface area contributed by atoms with Crippen molar-refractivity contribution in [1.82, 2.24) is 0 Å². The van der Waals surface area contributed by atoms with E-state index in [0.29, 0.717) is 23.6 Å². The summed E-state index contributed by atoms with van der Waals surface area (Å²) in [7, 11) is -3.79. The number of rotatable bonds is 15. The highest BCUT2D eigenvalue weighted by atomic mass is 35.5. The predicted molar refractivity (Wildman–Crippen MR) is 143 cm³/mol. The molecule has 8 nitrogen and oxygen atoms in total. The van der Waals surface area contributed by atoms with Crippen LogP contribution in [-0.4, -0.2) is 42.3 Å². The molecule has 0 N–H and O–H groups in total. The molecule has 1 fully saturated rings. The average molecular weight is 571 g/mol. The van der Waals surface area contributed by atoms with Gasteiger partial charge in [-0.1, -0.05) is 54.6 Å². The fourth-order valence-corrected chi connectivity index (χ4v) is 6.19. The molecule has 3 atom stereocenters. The average Bonchev–Trinajstić information content (AvgIpc) is 3.18. The third-order valence-electron chi connectivity index (χ3n) is 5.39. The minimum absolute atomic E-state index is 0.00841. The molecule has 3 rings (SSSR count). The van der Waals surface area contributed by atoms with Gasteiger partial charge in [-0.15, -0.1) is 0 Å². The number of carbonyl (C=O) groups is 2. The van der Waals surface area contributed by atoms with E-state index in [1.54, 1.807) is 26.0 Å². The minimum atomic E-state index is -3.79. The zero-order valence-corrected chi connectivity index (χ0v) is 23.6. The number of ether oxygens (including phenoxy) is 2. The Bertz CT molecular complexity index is 1090. The Morgan fingerprint density at radius 2 is 1.76 bits per heavy atom. The van der Waals surface area contributed by atoms with E-state index >= 15 is 0 Å². The molecule has 37 heavy (non-hydrogen) atoms. The first-order valence-electron chi connectivity index (χ1n) is 12.2. The Balaban J connectivity index is 1.69. The second-order valence-electron chi connectivity index (χ2n) is 8.19. The molecule has 1 aliphatic heterocycles. The Kier molecular flexibility index (Phi) is 11.7. The molecular formula is C26H32ClO8PS. The van der Waals surface area contributed by atoms with Crippen molar-refractivity contribution in [1.29, 1.82) is 0 Å². The summed E-state index contributed by atoms with van der Waals surface area (Å²) in [6.07, 6.45) is -0.592. The van der Waals surface area contributed by atoms with Crippen LogP contribution in [0.1, 0.15) is 50.8 Å². The number of thioether (sulfide) groups is 1. The number of hydrogen-bond acceptors (Lipinski definition) is 9. The first-order chi connectivity index (χ1) is 17.7. The van der Waals surface area contributed by atoms with Gasteiger partial charge in [0.2, 0.25) is 0 Å². The monoisotopic (exact) mass is 570 g/mol. The number of Topliss-reactive ketones (excluding diaryl/α,β-unsaturated/α-hetero) is 1. The van der Waals surface area contributed by atoms with Gasteiger partial charge in [0.05, 0.1) is 24.9 Å². The zero-order chi connectivity index (χ0) is 26.8. The van der Waals surface area contributed by atoms with Crippen LogP contribution < -0.4 is 4.74 Å². The van der Waals surface area contributed by atoms with Crippen LogP contribution in [-0.2, 0) is 38.9 Å². The molecule has 0 aliphatic carbocycles. The molecule has 11 heteroatoms. The maximum Gasteiger partial charge on any atom is 0.477 e. The van der Waals surface area contributed by atoms with Gasteiger partial charge in [-0.25, -0.2) is 4.57 Å². The lowest BCUT2D eigenvalue weighted by Gasteiger charge is -2.27. The van der Waals surface area contributed by atoms with E-state index < -0.39 is 20.2 Å². The number of benzene rings is 2. The molecule has 0 bridgehead atoms. The van der Waals surface area contributed by atoms with Crippen LogP contribution in [0.3, 0.4) is 0 Å². The quantitative estimate of drug-likeness (QED) is 0.134. The van der Waals surface area contributed by atoms with Gasteiger partial charge in [0.25, 0.3) is 0 Å². The SMILES string of the molecule is CCOP(=O)(OCC)OC(CC)OC(COc1ccc(CC2SC(=O)CC2=O)cc1)c1cccc(Cl)c1. The summed E-state index contributed by atoms with van der Waals surface area (Å²) in [5.41, 5.74) is 1.70. The number of phosphoric acid groups is 1. The van der Waals surface area contributed by atoms with E-state index in [-0.39, 0.29) is 42.4 Å². The molecule has 202 valence electrons. The van der Waals surface area contributed by atoms with Gasteiger partial charge in [0.15, 0.2) is 17.2 Å². The molecule has 2 aromatic carbocycles. The van der Waals surface area contributed by atoms with E-state index in [0.717, 1.165) is 22.9 Å². The van der Waals surface area contributed by atoms with Crippen molar-refractivity contribution >= 4 is 42.1 Å². The van der Waals surface area contributed by atoms with Crippen LogP contribution in [0.5, 0.6) is 5.75 Å². The highest BCUT2D eigenvalue weighted by Crippen LogP contribution is 2.51. The van der Waals surface area contributed by atoms with Crippen LogP contribution in [0.4, 0.5) is 0 Å². The maximum absolute atomic E-state index is 12.9. The third kappa shape index (κ3) is 9.21. The molecule has 0 spiro atoms. The summed E-state index contributed by atoms with van der Waals surface area (Å²) >= 11 is 7.32. The molecule has 2 aromatic rings. The molecule has 1 aliphatic rings. The summed E-state index contributed by atoms with van der Waals surface area (Å²) in [6, 6.07) is 14.6. The van der Waals surface area contributed by atoms with Crippen LogP contribution in [0.2, 0.25) is 5.02 Å². The second kappa shape index (κ2) is 14.4. The van der Waals surface area contributed by atoms with Gasteiger partial charge < -0.3 is 9.47 Å². The highest BCUT2D eigenvalue weighted by Gasteiger charge is 2.33. The van der Waals surface area contributed by atoms with Crippen molar-refractivity contribution in [2.24, 2.45) is 0 Å². The molecular weight excluding hydrogens is 539 g/mol. The van der Waals surface area contributed by atoms with E-state index in [4.69, 9.17) is 34.6 Å². The summed E-state index contributed by atoms with van der Waals surface area (Å²) in [5.74, 6) is 0.576. The number of ketones is 1. The summed E-state index contributed by atoms with van der Waals surface area (Å²) < 4.78 is 41.2. The second-order valence-corrected chi connectivity index (χ2v) is 11.5. The van der Waals surface area contributed by atoms with Crippen LogP contribution >= 0.6 is 31.2 Å². The van der Waals surface area contributed by atoms with Crippen molar-refractivity contribution in [2.75, 3.05) is 19.8 Å². The minimum Gasteiger partial charge on any atom is -0.491 e. The van der Waals surface area contributed by atoms with E-state index in [9.17, 15) is 14.2 Å². The van der Waals surface area contributed by atoms with Gasteiger partial charge in [-0.05, 0) is 62.1 Å². The fraction of sp³-hybridized carbons (Fsp3) is 0.462. The van der Waals surface area contributed by atoms with E-state index in [2.05, 4.69) is 0 Å². The lowest BCUT2D eigenvalue weighted by Crippen LogP contribution is -2.23. The van der Waals surface area contributed by atoms with E-state index in [1.807, 2.05) is 43.3 Å². The Labute approximate surface area is 226 Å². The smallest absolute Gasteiger partial charge is 0.477 e. The first-order valence-corrected chi connectivity index (χ1v) is 14.9. The van der Waals surface area contributed by atoms with Crippen molar-refractivity contribution < 1.29 is 37.2 Å². The van der Waals surface area contributed by atoms with Gasteiger partial charge in [-0.3, -0.25) is 23.2 Å². The third-order valence-corrected chi connectivity index (χ3v) is 8.39. The van der Waals surface area contributed by atoms with Gasteiger partial charge in [0.1, 0.15) is 18.5 Å². The maximum atomic E-state index is 12.9. The van der Waals surface area contributed by atoms with Gasteiger partial charge in [0, 0.05) is 5.02 Å². The number of hydrogen-bond donors (Lipinski definition) is 0. The van der Waals surface area contributed by atoms with E-state index in [1.165, 1.54) is 0 Å². The molecule has 0 aromatic heterocycles. The number of carbonyl (C=O) groups excluding carboxylic acids is 2. The number of phosphoric ester groups is 1. The van der Waals surface area contributed by atoms with Crippen molar-refractivity contribution in [2.45, 2.75) is 57.7 Å². The lowest BCUT2D eigenvalue weighted by atomic mass is 10.1. The van der Waals surface area contributed by atoms with Crippen LogP contribution in [0.25, 0.3) is 0 Å². The van der Waals surface area contributed by atoms with Gasteiger partial charge >= 0.3 is 7.82 Å². The van der Waals surface area contributed by atoms with Crippen molar-refractivity contribution in [3.8, 4) is 5.75 Å². The topological polar surface area (TPSA) is 97.4 Å². The number of halogens is 1. The molecule has 0 saturated carbocycles. The predicted octanol–water partition coefficient (Wildman–Crippen LogP) is 6.55. The van der Waals surface area contributed by atoms with Crippen molar-refractivity contribution in [3.63, 3.8) is 0 Å². The Hall–Kier alpha value is -1.71. The summed E-state index contributed by atoms with van der Waals surface area (Å²) in [5, 5.41) is 0.141. The van der Waals surface area contributed by atoms with Crippen LogP contribution in [0.15, 0.2) is 48.5 Å².